The summed E-state index contributed by atoms with van der Waals surface area (Å²) in [5, 5.41) is 5.68. The fourth-order valence-electron chi connectivity index (χ4n) is 2.20. The van der Waals surface area contributed by atoms with E-state index in [9.17, 15) is 4.79 Å². The Bertz CT molecular complexity index is 430. The first-order valence-corrected chi connectivity index (χ1v) is 6.53. The van der Waals surface area contributed by atoms with Gasteiger partial charge in [0.2, 0.25) is 0 Å². The second kappa shape index (κ2) is 6.43. The molecule has 2 atom stereocenters. The van der Waals surface area contributed by atoms with Gasteiger partial charge in [-0.15, -0.1) is 0 Å². The Labute approximate surface area is 113 Å². The Kier molecular flexibility index (Phi) is 4.63. The normalized spacial score (nSPS) is 19.8. The van der Waals surface area contributed by atoms with Crippen LogP contribution < -0.4 is 15.4 Å². The van der Waals surface area contributed by atoms with Crippen molar-refractivity contribution in [3.63, 3.8) is 0 Å². The van der Waals surface area contributed by atoms with Gasteiger partial charge >= 0.3 is 6.03 Å². The van der Waals surface area contributed by atoms with Gasteiger partial charge in [0, 0.05) is 6.61 Å². The number of urea groups is 1. The van der Waals surface area contributed by atoms with Crippen molar-refractivity contribution in [2.45, 2.75) is 31.9 Å². The van der Waals surface area contributed by atoms with Crippen LogP contribution in [0.2, 0.25) is 0 Å². The summed E-state index contributed by atoms with van der Waals surface area (Å²) in [5.74, 6) is 0.641. The first-order chi connectivity index (χ1) is 9.20. The number of carbonyl (C=O) groups is 1. The Hall–Kier alpha value is -1.75. The van der Waals surface area contributed by atoms with E-state index in [2.05, 4.69) is 10.6 Å². The summed E-state index contributed by atoms with van der Waals surface area (Å²) < 4.78 is 10.7. The van der Waals surface area contributed by atoms with Crippen molar-refractivity contribution < 1.29 is 14.3 Å². The van der Waals surface area contributed by atoms with Crippen molar-refractivity contribution in [3.8, 4) is 5.75 Å². The molecule has 2 amide bonds. The molecule has 5 heteroatoms. The highest BCUT2D eigenvalue weighted by atomic mass is 16.5. The molecule has 0 unspecified atom stereocenters. The molecule has 0 radical (unpaired) electrons. The van der Waals surface area contributed by atoms with Gasteiger partial charge < -0.3 is 20.1 Å². The lowest BCUT2D eigenvalue weighted by molar-refractivity contribution is 0.0868. The average Bonchev–Trinajstić information content (AvgIpc) is 2.93. The summed E-state index contributed by atoms with van der Waals surface area (Å²) in [4.78, 5) is 11.9. The molecule has 5 nitrogen and oxygen atoms in total. The molecule has 0 aromatic heterocycles. The second-order valence-corrected chi connectivity index (χ2v) is 4.64. The molecule has 1 heterocycles. The summed E-state index contributed by atoms with van der Waals surface area (Å²) in [6.45, 7) is 2.74. The quantitative estimate of drug-likeness (QED) is 0.877. The molecule has 1 aliphatic rings. The van der Waals surface area contributed by atoms with Gasteiger partial charge in [0.05, 0.1) is 24.9 Å². The van der Waals surface area contributed by atoms with Crippen LogP contribution in [-0.2, 0) is 4.74 Å². The number of para-hydroxylation sites is 2. The highest BCUT2D eigenvalue weighted by Crippen LogP contribution is 2.23. The van der Waals surface area contributed by atoms with Crippen LogP contribution in [0.1, 0.15) is 19.8 Å². The molecular formula is C14H20N2O3. The van der Waals surface area contributed by atoms with Crippen LogP contribution in [0, 0.1) is 0 Å². The highest BCUT2D eigenvalue weighted by molar-refractivity contribution is 5.91. The van der Waals surface area contributed by atoms with Gasteiger partial charge in [0.1, 0.15) is 5.75 Å². The molecule has 1 fully saturated rings. The first-order valence-electron chi connectivity index (χ1n) is 6.53. The number of nitrogens with one attached hydrogen (secondary N) is 2. The fraction of sp³-hybridized carbons (Fsp3) is 0.500. The van der Waals surface area contributed by atoms with Crippen molar-refractivity contribution in [3.05, 3.63) is 24.3 Å². The van der Waals surface area contributed by atoms with Gasteiger partial charge in [-0.2, -0.15) is 0 Å². The summed E-state index contributed by atoms with van der Waals surface area (Å²) in [6.07, 6.45) is 2.17. The fourth-order valence-corrected chi connectivity index (χ4v) is 2.20. The minimum absolute atomic E-state index is 0.00259. The van der Waals surface area contributed by atoms with Gasteiger partial charge in [-0.1, -0.05) is 12.1 Å². The molecule has 104 valence electrons. The van der Waals surface area contributed by atoms with E-state index in [4.69, 9.17) is 9.47 Å². The molecule has 1 saturated heterocycles. The summed E-state index contributed by atoms with van der Waals surface area (Å²) in [7, 11) is 1.58. The predicted molar refractivity (Wildman–Crippen MR) is 73.6 cm³/mol. The number of anilines is 1. The largest absolute Gasteiger partial charge is 0.495 e. The summed E-state index contributed by atoms with van der Waals surface area (Å²) >= 11 is 0. The number of benzene rings is 1. The number of hydrogen-bond acceptors (Lipinski definition) is 3. The molecule has 2 rings (SSSR count). The van der Waals surface area contributed by atoms with Crippen molar-refractivity contribution in [1.29, 1.82) is 0 Å². The lowest BCUT2D eigenvalue weighted by atomic mass is 10.1. The van der Waals surface area contributed by atoms with E-state index in [-0.39, 0.29) is 18.2 Å². The van der Waals surface area contributed by atoms with Gasteiger partial charge in [0.25, 0.3) is 0 Å². The molecule has 0 spiro atoms. The monoisotopic (exact) mass is 264 g/mol. The average molecular weight is 264 g/mol. The number of hydrogen-bond donors (Lipinski definition) is 2. The number of methoxy groups -OCH3 is 1. The summed E-state index contributed by atoms with van der Waals surface area (Å²) in [5.41, 5.74) is 0.655. The van der Waals surface area contributed by atoms with E-state index < -0.39 is 0 Å². The zero-order valence-corrected chi connectivity index (χ0v) is 11.3. The third-order valence-corrected chi connectivity index (χ3v) is 3.24. The van der Waals surface area contributed by atoms with Crippen LogP contribution in [-0.4, -0.2) is 31.9 Å². The highest BCUT2D eigenvalue weighted by Gasteiger charge is 2.23. The number of amides is 2. The second-order valence-electron chi connectivity index (χ2n) is 4.64. The predicted octanol–water partition coefficient (Wildman–Crippen LogP) is 2.38. The maximum atomic E-state index is 11.9. The number of carbonyl (C=O) groups excluding carboxylic acids is 1. The van der Waals surface area contributed by atoms with E-state index in [0.29, 0.717) is 11.4 Å². The van der Waals surface area contributed by atoms with Crippen LogP contribution in [0.25, 0.3) is 0 Å². The third-order valence-electron chi connectivity index (χ3n) is 3.24. The smallest absolute Gasteiger partial charge is 0.319 e. The van der Waals surface area contributed by atoms with Gasteiger partial charge in [-0.05, 0) is 31.9 Å². The van der Waals surface area contributed by atoms with Crippen molar-refractivity contribution in [2.24, 2.45) is 0 Å². The minimum Gasteiger partial charge on any atom is -0.495 e. The molecule has 1 aromatic carbocycles. The number of rotatable bonds is 4. The van der Waals surface area contributed by atoms with Crippen LogP contribution in [0.5, 0.6) is 5.75 Å². The zero-order chi connectivity index (χ0) is 13.7. The molecule has 0 saturated carbocycles. The van der Waals surface area contributed by atoms with Crippen LogP contribution in [0.15, 0.2) is 24.3 Å². The molecule has 19 heavy (non-hydrogen) atoms. The molecule has 0 aliphatic carbocycles. The Balaban J connectivity index is 1.89. The lowest BCUT2D eigenvalue weighted by Gasteiger charge is -2.20. The molecular weight excluding hydrogens is 244 g/mol. The first kappa shape index (κ1) is 13.7. The SMILES string of the molecule is COc1ccccc1NC(=O)N[C@H](C)[C@H]1CCCO1. The summed E-state index contributed by atoms with van der Waals surface area (Å²) in [6, 6.07) is 7.07. The van der Waals surface area contributed by atoms with Crippen molar-refractivity contribution in [1.82, 2.24) is 5.32 Å². The van der Waals surface area contributed by atoms with E-state index >= 15 is 0 Å². The van der Waals surface area contributed by atoms with E-state index in [1.165, 1.54) is 0 Å². The Morgan fingerprint density at radius 2 is 2.26 bits per heavy atom. The van der Waals surface area contributed by atoms with Crippen LogP contribution in [0.4, 0.5) is 10.5 Å². The Morgan fingerprint density at radius 1 is 1.47 bits per heavy atom. The van der Waals surface area contributed by atoms with E-state index in [1.807, 2.05) is 19.1 Å². The maximum Gasteiger partial charge on any atom is 0.319 e. The van der Waals surface area contributed by atoms with Gasteiger partial charge in [-0.3, -0.25) is 0 Å². The number of ether oxygens (including phenoxy) is 2. The minimum atomic E-state index is -0.243. The molecule has 0 bridgehead atoms. The molecule has 2 N–H and O–H groups in total. The molecule has 1 aliphatic heterocycles. The van der Waals surface area contributed by atoms with Crippen molar-refractivity contribution >= 4 is 11.7 Å². The van der Waals surface area contributed by atoms with Gasteiger partial charge in [-0.25, -0.2) is 4.79 Å². The van der Waals surface area contributed by atoms with Gasteiger partial charge in [0.15, 0.2) is 0 Å². The molecule has 1 aromatic rings. The standard InChI is InChI=1S/C14H20N2O3/c1-10(12-8-5-9-19-12)15-14(17)16-11-6-3-4-7-13(11)18-2/h3-4,6-7,10,12H,5,8-9H2,1-2H3,(H2,15,16,17)/t10-,12-/m1/s1. The Morgan fingerprint density at radius 3 is 2.95 bits per heavy atom. The third kappa shape index (κ3) is 3.61. The van der Waals surface area contributed by atoms with Crippen LogP contribution in [0.3, 0.4) is 0 Å². The maximum absolute atomic E-state index is 11.9. The topological polar surface area (TPSA) is 59.6 Å². The van der Waals surface area contributed by atoms with Crippen LogP contribution >= 0.6 is 0 Å². The van der Waals surface area contributed by atoms with E-state index in [0.717, 1.165) is 19.4 Å². The zero-order valence-electron chi connectivity index (χ0n) is 11.3. The van der Waals surface area contributed by atoms with Crippen molar-refractivity contribution in [2.75, 3.05) is 19.0 Å². The van der Waals surface area contributed by atoms with E-state index in [1.54, 1.807) is 19.2 Å². The lowest BCUT2D eigenvalue weighted by Crippen LogP contribution is -2.43.